The van der Waals surface area contributed by atoms with Crippen LogP contribution in [0.3, 0.4) is 0 Å². The molecule has 2 heterocycles. The first-order valence-electron chi connectivity index (χ1n) is 8.56. The zero-order valence-corrected chi connectivity index (χ0v) is 18.8. The Morgan fingerprint density at radius 3 is 2.63 bits per heavy atom. The van der Waals surface area contributed by atoms with Crippen molar-refractivity contribution < 1.29 is 13.2 Å². The molecule has 4 rings (SSSR count). The number of benzene rings is 2. The minimum atomic E-state index is -3.77. The van der Waals surface area contributed by atoms with Crippen molar-refractivity contribution in [1.82, 2.24) is 19.7 Å². The van der Waals surface area contributed by atoms with Gasteiger partial charge >= 0.3 is 0 Å². The van der Waals surface area contributed by atoms with Crippen molar-refractivity contribution in [3.63, 3.8) is 0 Å². The summed E-state index contributed by atoms with van der Waals surface area (Å²) in [7, 11) is -1.87. The van der Waals surface area contributed by atoms with Crippen LogP contribution in [0.4, 0.5) is 5.69 Å². The number of carbonyl (C=O) groups is 1. The molecule has 4 aromatic rings. The zero-order valence-electron chi connectivity index (χ0n) is 15.5. The second-order valence-electron chi connectivity index (χ2n) is 6.39. The van der Waals surface area contributed by atoms with E-state index in [1.54, 1.807) is 0 Å². The molecule has 2 aromatic carbocycles. The van der Waals surface area contributed by atoms with Crippen LogP contribution in [0.15, 0.2) is 57.0 Å². The molecule has 0 bridgehead atoms. The lowest BCUT2D eigenvalue weighted by Gasteiger charge is -2.05. The molecule has 0 aliphatic rings. The predicted octanol–water partition coefficient (Wildman–Crippen LogP) is 2.66. The van der Waals surface area contributed by atoms with Crippen molar-refractivity contribution in [3.05, 3.63) is 46.9 Å². The summed E-state index contributed by atoms with van der Waals surface area (Å²) in [6, 6.07) is 11.5. The maximum atomic E-state index is 12.2. The lowest BCUT2D eigenvalue weighted by atomic mass is 10.2. The molecule has 0 unspecified atom stereocenters. The highest BCUT2D eigenvalue weighted by Crippen LogP contribution is 2.28. The average molecular weight is 507 g/mol. The molecular weight excluding hydrogens is 492 g/mol. The van der Waals surface area contributed by atoms with Crippen molar-refractivity contribution in [1.29, 1.82) is 0 Å². The summed E-state index contributed by atoms with van der Waals surface area (Å²) in [4.78, 5) is 16.7. The molecule has 0 saturated heterocycles. The molecule has 0 saturated carbocycles. The minimum absolute atomic E-state index is 0.0235. The van der Waals surface area contributed by atoms with E-state index in [1.807, 2.05) is 29.8 Å². The topological polar surface area (TPSA) is 133 Å². The van der Waals surface area contributed by atoms with Gasteiger partial charge in [-0.1, -0.05) is 27.7 Å². The summed E-state index contributed by atoms with van der Waals surface area (Å²) >= 11 is 4.62. The van der Waals surface area contributed by atoms with Gasteiger partial charge in [-0.25, -0.2) is 18.5 Å². The largest absolute Gasteiger partial charge is 0.327 e. The molecule has 30 heavy (non-hydrogen) atoms. The SMILES string of the molecule is Cn1c2ccc(Br)cc2c2nnc(SCC(=O)Nc3ccc(S(N)(=O)=O)cc3)nc21. The zero-order chi connectivity index (χ0) is 21.5. The third-order valence-electron chi connectivity index (χ3n) is 4.34. The van der Waals surface area contributed by atoms with Gasteiger partial charge in [-0.05, 0) is 42.5 Å². The molecule has 2 aromatic heterocycles. The average Bonchev–Trinajstić information content (AvgIpc) is 2.97. The lowest BCUT2D eigenvalue weighted by Crippen LogP contribution is -2.15. The number of rotatable bonds is 5. The fourth-order valence-electron chi connectivity index (χ4n) is 2.93. The number of nitrogens with zero attached hydrogens (tertiary/aromatic N) is 4. The standard InChI is InChI=1S/C18H15BrN6O3S2/c1-25-14-7-2-10(19)8-13(14)16-17(25)22-18(24-23-16)29-9-15(26)21-11-3-5-12(6-4-11)30(20,27)28/h2-8H,9H2,1H3,(H,21,26)(H2,20,27,28). The Balaban J connectivity index is 1.47. The van der Waals surface area contributed by atoms with E-state index in [1.165, 1.54) is 24.3 Å². The van der Waals surface area contributed by atoms with Crippen molar-refractivity contribution >= 4 is 71.4 Å². The third-order valence-corrected chi connectivity index (χ3v) is 6.60. The molecule has 12 heteroatoms. The summed E-state index contributed by atoms with van der Waals surface area (Å²) in [5.41, 5.74) is 2.82. The maximum absolute atomic E-state index is 12.2. The van der Waals surface area contributed by atoms with E-state index in [2.05, 4.69) is 36.4 Å². The Bertz CT molecular complexity index is 1390. The summed E-state index contributed by atoms with van der Waals surface area (Å²) in [5.74, 6) is -0.215. The molecule has 0 aliphatic carbocycles. The predicted molar refractivity (Wildman–Crippen MR) is 119 cm³/mol. The molecule has 0 aliphatic heterocycles. The van der Waals surface area contributed by atoms with Crippen molar-refractivity contribution in [2.45, 2.75) is 10.1 Å². The van der Waals surface area contributed by atoms with Crippen molar-refractivity contribution in [2.24, 2.45) is 12.2 Å². The van der Waals surface area contributed by atoms with Crippen LogP contribution >= 0.6 is 27.7 Å². The number of aryl methyl sites for hydroxylation is 1. The Morgan fingerprint density at radius 2 is 1.93 bits per heavy atom. The molecule has 0 atom stereocenters. The number of fused-ring (bicyclic) bond motifs is 3. The number of thioether (sulfide) groups is 1. The maximum Gasteiger partial charge on any atom is 0.238 e. The van der Waals surface area contributed by atoms with Gasteiger partial charge in [0.05, 0.1) is 16.2 Å². The molecular formula is C18H15BrN6O3S2. The van der Waals surface area contributed by atoms with Gasteiger partial charge in [0.1, 0.15) is 5.52 Å². The monoisotopic (exact) mass is 506 g/mol. The first-order chi connectivity index (χ1) is 14.2. The number of carbonyl (C=O) groups excluding carboxylic acids is 1. The van der Waals surface area contributed by atoms with E-state index in [0.717, 1.165) is 27.1 Å². The summed E-state index contributed by atoms with van der Waals surface area (Å²) in [6.45, 7) is 0. The highest BCUT2D eigenvalue weighted by molar-refractivity contribution is 9.10. The number of primary sulfonamides is 1. The summed E-state index contributed by atoms with van der Waals surface area (Å²) in [6.07, 6.45) is 0. The smallest absolute Gasteiger partial charge is 0.238 e. The van der Waals surface area contributed by atoms with Gasteiger partial charge in [0.25, 0.3) is 0 Å². The van der Waals surface area contributed by atoms with Crippen LogP contribution < -0.4 is 10.5 Å². The number of aromatic nitrogens is 4. The summed E-state index contributed by atoms with van der Waals surface area (Å²) < 4.78 is 25.4. The molecule has 0 fully saturated rings. The number of halogens is 1. The molecule has 3 N–H and O–H groups in total. The minimum Gasteiger partial charge on any atom is -0.327 e. The van der Waals surface area contributed by atoms with Gasteiger partial charge in [-0.2, -0.15) is 0 Å². The van der Waals surface area contributed by atoms with E-state index in [4.69, 9.17) is 5.14 Å². The first kappa shape index (κ1) is 20.7. The number of nitrogens with two attached hydrogens (primary N) is 1. The van der Waals surface area contributed by atoms with Crippen LogP contribution in [0, 0.1) is 0 Å². The highest BCUT2D eigenvalue weighted by Gasteiger charge is 2.14. The first-order valence-corrected chi connectivity index (χ1v) is 11.9. The number of hydrogen-bond acceptors (Lipinski definition) is 7. The van der Waals surface area contributed by atoms with Crippen LogP contribution in [0.5, 0.6) is 0 Å². The number of anilines is 1. The summed E-state index contributed by atoms with van der Waals surface area (Å²) in [5, 5.41) is 17.5. The second-order valence-corrected chi connectivity index (χ2v) is 9.81. The third kappa shape index (κ3) is 4.17. The Morgan fingerprint density at radius 1 is 1.20 bits per heavy atom. The van der Waals surface area contributed by atoms with Crippen molar-refractivity contribution in [2.75, 3.05) is 11.1 Å². The fourth-order valence-corrected chi connectivity index (χ4v) is 4.39. The molecule has 0 spiro atoms. The van der Waals surface area contributed by atoms with Gasteiger partial charge in [0, 0.05) is 22.6 Å². The highest BCUT2D eigenvalue weighted by atomic mass is 79.9. The van der Waals surface area contributed by atoms with Crippen LogP contribution in [0.25, 0.3) is 22.1 Å². The van der Waals surface area contributed by atoms with Crippen LogP contribution in [-0.2, 0) is 21.9 Å². The number of nitrogens with one attached hydrogen (secondary N) is 1. The van der Waals surface area contributed by atoms with Crippen LogP contribution in [0.1, 0.15) is 0 Å². The Kier molecular flexibility index (Phi) is 5.49. The fraction of sp³-hybridized carbons (Fsp3) is 0.111. The van der Waals surface area contributed by atoms with Gasteiger partial charge in [0.2, 0.25) is 21.1 Å². The van der Waals surface area contributed by atoms with E-state index >= 15 is 0 Å². The van der Waals surface area contributed by atoms with E-state index in [0.29, 0.717) is 22.0 Å². The van der Waals surface area contributed by atoms with E-state index in [9.17, 15) is 13.2 Å². The van der Waals surface area contributed by atoms with Crippen LogP contribution in [0.2, 0.25) is 0 Å². The van der Waals surface area contributed by atoms with Crippen molar-refractivity contribution in [3.8, 4) is 0 Å². The Hall–Kier alpha value is -2.54. The van der Waals surface area contributed by atoms with E-state index < -0.39 is 10.0 Å². The van der Waals surface area contributed by atoms with Gasteiger partial charge in [-0.3, -0.25) is 4.79 Å². The second kappa shape index (κ2) is 7.95. The van der Waals surface area contributed by atoms with Gasteiger partial charge in [-0.15, -0.1) is 10.2 Å². The lowest BCUT2D eigenvalue weighted by molar-refractivity contribution is -0.113. The quantitative estimate of drug-likeness (QED) is 0.397. The molecule has 0 radical (unpaired) electrons. The van der Waals surface area contributed by atoms with E-state index in [-0.39, 0.29) is 16.6 Å². The Labute approximate surface area is 184 Å². The molecule has 9 nitrogen and oxygen atoms in total. The molecule has 1 amide bonds. The number of amides is 1. The van der Waals surface area contributed by atoms with Gasteiger partial charge in [0.15, 0.2) is 5.65 Å². The van der Waals surface area contributed by atoms with Gasteiger partial charge < -0.3 is 9.88 Å². The number of sulfonamides is 1. The molecule has 154 valence electrons. The normalized spacial score (nSPS) is 11.8. The number of hydrogen-bond donors (Lipinski definition) is 2. The van der Waals surface area contributed by atoms with Crippen LogP contribution in [-0.4, -0.2) is 39.8 Å².